The summed E-state index contributed by atoms with van der Waals surface area (Å²) in [5.74, 6) is -0.981. The number of nitrogens with one attached hydrogen (secondary N) is 3. The van der Waals surface area contributed by atoms with Crippen molar-refractivity contribution in [3.05, 3.63) is 0 Å². The van der Waals surface area contributed by atoms with Gasteiger partial charge in [-0.2, -0.15) is 0 Å². The van der Waals surface area contributed by atoms with E-state index in [9.17, 15) is 14.4 Å². The number of carboxylic acids is 1. The molecule has 3 amide bonds. The van der Waals surface area contributed by atoms with Gasteiger partial charge in [0.2, 0.25) is 5.91 Å². The topological polar surface area (TPSA) is 108 Å². The summed E-state index contributed by atoms with van der Waals surface area (Å²) in [6.45, 7) is 3.97. The highest BCUT2D eigenvalue weighted by atomic mass is 16.4. The van der Waals surface area contributed by atoms with E-state index in [1.54, 1.807) is 0 Å². The van der Waals surface area contributed by atoms with E-state index in [2.05, 4.69) is 16.0 Å². The Balaban J connectivity index is 2.19. The third kappa shape index (κ3) is 6.96. The molecule has 4 N–H and O–H groups in total. The second-order valence-electron chi connectivity index (χ2n) is 5.51. The second kappa shape index (κ2) is 7.72. The monoisotopic (exact) mass is 285 g/mol. The first-order valence-electron chi connectivity index (χ1n) is 6.95. The zero-order valence-electron chi connectivity index (χ0n) is 11.9. The van der Waals surface area contributed by atoms with Gasteiger partial charge in [-0.15, -0.1) is 0 Å². The first-order chi connectivity index (χ1) is 9.38. The Hall–Kier alpha value is -1.79. The maximum Gasteiger partial charge on any atom is 0.326 e. The maximum atomic E-state index is 11.5. The third-order valence-corrected chi connectivity index (χ3v) is 2.89. The quantitative estimate of drug-likeness (QED) is 0.519. The highest BCUT2D eigenvalue weighted by molar-refractivity contribution is 5.83. The Morgan fingerprint density at radius 1 is 1.25 bits per heavy atom. The minimum atomic E-state index is -1.06. The first-order valence-corrected chi connectivity index (χ1v) is 6.95. The molecule has 0 radical (unpaired) electrons. The fourth-order valence-electron chi connectivity index (χ4n) is 1.72. The molecule has 7 nitrogen and oxygen atoms in total. The maximum absolute atomic E-state index is 11.5. The molecule has 0 heterocycles. The lowest BCUT2D eigenvalue weighted by Crippen LogP contribution is -2.47. The molecule has 0 aromatic rings. The molecule has 0 saturated heterocycles. The average molecular weight is 285 g/mol. The molecule has 20 heavy (non-hydrogen) atoms. The first kappa shape index (κ1) is 16.3. The van der Waals surface area contributed by atoms with E-state index in [-0.39, 0.29) is 24.8 Å². The largest absolute Gasteiger partial charge is 0.480 e. The number of hydrogen-bond acceptors (Lipinski definition) is 3. The fourth-order valence-corrected chi connectivity index (χ4v) is 1.72. The summed E-state index contributed by atoms with van der Waals surface area (Å²) >= 11 is 0. The van der Waals surface area contributed by atoms with E-state index in [0.29, 0.717) is 12.5 Å². The van der Waals surface area contributed by atoms with E-state index in [1.165, 1.54) is 0 Å². The summed E-state index contributed by atoms with van der Waals surface area (Å²) < 4.78 is 0. The lowest BCUT2D eigenvalue weighted by atomic mass is 10.0. The van der Waals surface area contributed by atoms with Gasteiger partial charge < -0.3 is 21.1 Å². The lowest BCUT2D eigenvalue weighted by molar-refractivity contribution is -0.139. The summed E-state index contributed by atoms with van der Waals surface area (Å²) in [4.78, 5) is 33.9. The summed E-state index contributed by atoms with van der Waals surface area (Å²) in [5, 5.41) is 16.7. The number of aliphatic carboxylic acids is 1. The third-order valence-electron chi connectivity index (χ3n) is 2.89. The van der Waals surface area contributed by atoms with Crippen LogP contribution in [0.1, 0.15) is 39.5 Å². The van der Waals surface area contributed by atoms with Crippen molar-refractivity contribution in [3.8, 4) is 0 Å². The van der Waals surface area contributed by atoms with Crippen molar-refractivity contribution in [1.29, 1.82) is 0 Å². The van der Waals surface area contributed by atoms with Gasteiger partial charge in [-0.05, 0) is 25.2 Å². The molecular formula is C13H23N3O4. The van der Waals surface area contributed by atoms with Crippen LogP contribution in [0.2, 0.25) is 0 Å². The van der Waals surface area contributed by atoms with Crippen molar-refractivity contribution >= 4 is 17.9 Å². The van der Waals surface area contributed by atoms with Crippen molar-refractivity contribution in [2.45, 2.75) is 51.6 Å². The van der Waals surface area contributed by atoms with Gasteiger partial charge in [0.05, 0.1) is 0 Å². The Kier molecular flexibility index (Phi) is 6.27. The van der Waals surface area contributed by atoms with Gasteiger partial charge in [-0.25, -0.2) is 9.59 Å². The van der Waals surface area contributed by atoms with Gasteiger partial charge in [0.1, 0.15) is 6.04 Å². The highest BCUT2D eigenvalue weighted by Crippen LogP contribution is 2.18. The molecule has 1 atom stereocenters. The Labute approximate surface area is 118 Å². The van der Waals surface area contributed by atoms with E-state index in [1.807, 2.05) is 13.8 Å². The van der Waals surface area contributed by atoms with E-state index in [0.717, 1.165) is 12.8 Å². The van der Waals surface area contributed by atoms with Gasteiger partial charge >= 0.3 is 12.0 Å². The zero-order valence-corrected chi connectivity index (χ0v) is 11.9. The van der Waals surface area contributed by atoms with Crippen LogP contribution in [-0.4, -0.2) is 41.6 Å². The van der Waals surface area contributed by atoms with Crippen LogP contribution < -0.4 is 16.0 Å². The molecule has 0 unspecified atom stereocenters. The molecule has 0 spiro atoms. The standard InChI is InChI=1S/C13H23N3O4/c1-8(2)7-10(12(18)19)16-13(20)14-6-5-11(17)15-9-3-4-9/h8-10H,3-7H2,1-2H3,(H,15,17)(H,18,19)(H2,14,16,20)/t10-/m1/s1. The van der Waals surface area contributed by atoms with Gasteiger partial charge in [0, 0.05) is 19.0 Å². The van der Waals surface area contributed by atoms with Crippen molar-refractivity contribution in [1.82, 2.24) is 16.0 Å². The van der Waals surface area contributed by atoms with E-state index in [4.69, 9.17) is 5.11 Å². The molecule has 1 aliphatic rings. The average Bonchev–Trinajstić information content (AvgIpc) is 3.11. The summed E-state index contributed by atoms with van der Waals surface area (Å²) in [5.41, 5.74) is 0. The molecular weight excluding hydrogens is 262 g/mol. The predicted octanol–water partition coefficient (Wildman–Crippen LogP) is 0.454. The molecule has 1 fully saturated rings. The molecule has 0 aliphatic heterocycles. The van der Waals surface area contributed by atoms with Crippen LogP contribution in [0.15, 0.2) is 0 Å². The Morgan fingerprint density at radius 3 is 2.40 bits per heavy atom. The van der Waals surface area contributed by atoms with Crippen LogP contribution in [0.3, 0.4) is 0 Å². The molecule has 1 saturated carbocycles. The number of carbonyl (C=O) groups is 3. The molecule has 0 aromatic heterocycles. The van der Waals surface area contributed by atoms with Crippen LogP contribution >= 0.6 is 0 Å². The molecule has 1 rings (SSSR count). The molecule has 0 bridgehead atoms. The molecule has 114 valence electrons. The van der Waals surface area contributed by atoms with Gasteiger partial charge in [0.25, 0.3) is 0 Å². The minimum Gasteiger partial charge on any atom is -0.480 e. The number of carbonyl (C=O) groups excluding carboxylic acids is 2. The van der Waals surface area contributed by atoms with Crippen molar-refractivity contribution < 1.29 is 19.5 Å². The van der Waals surface area contributed by atoms with Crippen LogP contribution in [-0.2, 0) is 9.59 Å². The summed E-state index contributed by atoms with van der Waals surface area (Å²) in [7, 11) is 0. The normalized spacial score (nSPS) is 15.6. The SMILES string of the molecule is CC(C)C[C@@H](NC(=O)NCCC(=O)NC1CC1)C(=O)O. The number of carboxylic acid groups (broad SMARTS) is 1. The van der Waals surface area contributed by atoms with Gasteiger partial charge in [0.15, 0.2) is 0 Å². The highest BCUT2D eigenvalue weighted by Gasteiger charge is 2.23. The van der Waals surface area contributed by atoms with Crippen LogP contribution in [0.25, 0.3) is 0 Å². The van der Waals surface area contributed by atoms with Crippen molar-refractivity contribution in [3.63, 3.8) is 0 Å². The summed E-state index contributed by atoms with van der Waals surface area (Å²) in [6.07, 6.45) is 2.61. The van der Waals surface area contributed by atoms with Crippen LogP contribution in [0.4, 0.5) is 4.79 Å². The zero-order chi connectivity index (χ0) is 15.1. The predicted molar refractivity (Wildman–Crippen MR) is 73.2 cm³/mol. The van der Waals surface area contributed by atoms with E-state index >= 15 is 0 Å². The van der Waals surface area contributed by atoms with Crippen molar-refractivity contribution in [2.24, 2.45) is 5.92 Å². The minimum absolute atomic E-state index is 0.0928. The van der Waals surface area contributed by atoms with Crippen LogP contribution in [0.5, 0.6) is 0 Å². The second-order valence-corrected chi connectivity index (χ2v) is 5.51. The number of amides is 3. The molecule has 7 heteroatoms. The molecule has 0 aromatic carbocycles. The van der Waals surface area contributed by atoms with E-state index < -0.39 is 18.0 Å². The summed E-state index contributed by atoms with van der Waals surface area (Å²) in [6, 6.07) is -1.16. The fraction of sp³-hybridized carbons (Fsp3) is 0.769. The number of urea groups is 1. The smallest absolute Gasteiger partial charge is 0.326 e. The number of hydrogen-bond donors (Lipinski definition) is 4. The van der Waals surface area contributed by atoms with Crippen LogP contribution in [0, 0.1) is 5.92 Å². The Morgan fingerprint density at radius 2 is 1.90 bits per heavy atom. The van der Waals surface area contributed by atoms with Crippen molar-refractivity contribution in [2.75, 3.05) is 6.54 Å². The van der Waals surface area contributed by atoms with Gasteiger partial charge in [-0.3, -0.25) is 4.79 Å². The molecule has 1 aliphatic carbocycles. The lowest BCUT2D eigenvalue weighted by Gasteiger charge is -2.16. The Bertz CT molecular complexity index is 367. The number of rotatable bonds is 8. The van der Waals surface area contributed by atoms with Gasteiger partial charge in [-0.1, -0.05) is 13.8 Å².